The minimum absolute atomic E-state index is 0.00810. The molecule has 78 valence electrons. The Bertz CT molecular complexity index is 383. The zero-order valence-electron chi connectivity index (χ0n) is 7.92. The van der Waals surface area contributed by atoms with Crippen LogP contribution in [0.5, 0.6) is 0 Å². The van der Waals surface area contributed by atoms with Crippen LogP contribution < -0.4 is 0 Å². The molecule has 1 unspecified atom stereocenters. The van der Waals surface area contributed by atoms with Gasteiger partial charge in [-0.1, -0.05) is 6.07 Å². The molecule has 2 aromatic heterocycles. The van der Waals surface area contributed by atoms with Gasteiger partial charge in [-0.05, 0) is 33.8 Å². The Morgan fingerprint density at radius 3 is 2.80 bits per heavy atom. The third-order valence-corrected chi connectivity index (χ3v) is 3.90. The lowest BCUT2D eigenvalue weighted by atomic mass is 9.97. The summed E-state index contributed by atoms with van der Waals surface area (Å²) in [7, 11) is 0. The predicted molar refractivity (Wildman–Crippen MR) is 62.7 cm³/mol. The molecule has 0 fully saturated rings. The Labute approximate surface area is 95.8 Å². The van der Waals surface area contributed by atoms with Crippen LogP contribution in [-0.4, -0.2) is 11.1 Å². The molecule has 0 saturated carbocycles. The summed E-state index contributed by atoms with van der Waals surface area (Å²) in [5, 5.41) is 14.9. The first-order valence-electron chi connectivity index (χ1n) is 4.54. The number of carbonyl (C=O) groups is 1. The molecule has 0 aliphatic carbocycles. The van der Waals surface area contributed by atoms with Crippen molar-refractivity contribution in [2.45, 2.75) is 12.3 Å². The molecule has 0 aliphatic heterocycles. The Morgan fingerprint density at radius 2 is 2.27 bits per heavy atom. The van der Waals surface area contributed by atoms with E-state index in [1.54, 1.807) is 22.7 Å². The van der Waals surface area contributed by atoms with Crippen LogP contribution in [0.1, 0.15) is 22.8 Å². The van der Waals surface area contributed by atoms with Crippen LogP contribution in [0.4, 0.5) is 0 Å². The quantitative estimate of drug-likeness (QED) is 0.886. The van der Waals surface area contributed by atoms with Crippen molar-refractivity contribution in [2.24, 2.45) is 0 Å². The summed E-state index contributed by atoms with van der Waals surface area (Å²) >= 11 is 3.22. The smallest absolute Gasteiger partial charge is 0.304 e. The third-order valence-electron chi connectivity index (χ3n) is 2.21. The third kappa shape index (κ3) is 2.46. The number of carboxylic acid groups (broad SMARTS) is 1. The Hall–Kier alpha value is -1.13. The summed E-state index contributed by atoms with van der Waals surface area (Å²) in [6.07, 6.45) is 0.164. The highest BCUT2D eigenvalue weighted by molar-refractivity contribution is 7.10. The SMILES string of the molecule is O=C(O)CC(c1ccsc1)c1cccs1. The van der Waals surface area contributed by atoms with Crippen LogP contribution in [0, 0.1) is 0 Å². The minimum atomic E-state index is -0.750. The van der Waals surface area contributed by atoms with Gasteiger partial charge < -0.3 is 5.11 Å². The van der Waals surface area contributed by atoms with E-state index in [1.807, 2.05) is 34.3 Å². The van der Waals surface area contributed by atoms with Gasteiger partial charge in [-0.25, -0.2) is 0 Å². The van der Waals surface area contributed by atoms with Crippen molar-refractivity contribution >= 4 is 28.6 Å². The summed E-state index contributed by atoms with van der Waals surface area (Å²) in [4.78, 5) is 11.9. The van der Waals surface area contributed by atoms with Gasteiger partial charge in [0.1, 0.15) is 0 Å². The van der Waals surface area contributed by atoms with Gasteiger partial charge in [-0.15, -0.1) is 11.3 Å². The van der Waals surface area contributed by atoms with E-state index in [-0.39, 0.29) is 12.3 Å². The maximum Gasteiger partial charge on any atom is 0.304 e. The largest absolute Gasteiger partial charge is 0.481 e. The topological polar surface area (TPSA) is 37.3 Å². The van der Waals surface area contributed by atoms with E-state index in [4.69, 9.17) is 5.11 Å². The van der Waals surface area contributed by atoms with E-state index in [2.05, 4.69) is 0 Å². The highest BCUT2D eigenvalue weighted by atomic mass is 32.1. The highest BCUT2D eigenvalue weighted by Crippen LogP contribution is 2.32. The second-order valence-corrected chi connectivity index (χ2v) is 4.98. The van der Waals surface area contributed by atoms with E-state index in [0.717, 1.165) is 10.4 Å². The van der Waals surface area contributed by atoms with E-state index < -0.39 is 5.97 Å². The van der Waals surface area contributed by atoms with Crippen molar-refractivity contribution < 1.29 is 9.90 Å². The number of hydrogen-bond donors (Lipinski definition) is 1. The molecule has 0 spiro atoms. The number of thiophene rings is 2. The molecule has 2 heterocycles. The molecule has 4 heteroatoms. The molecule has 0 amide bonds. The van der Waals surface area contributed by atoms with Crippen LogP contribution in [0.3, 0.4) is 0 Å². The predicted octanol–water partition coefficient (Wildman–Crippen LogP) is 3.42. The molecule has 1 atom stereocenters. The standard InChI is InChI=1S/C11H10O2S2/c12-11(13)6-9(8-3-5-14-7-8)10-2-1-4-15-10/h1-5,7,9H,6H2,(H,12,13). The molecule has 0 radical (unpaired) electrons. The van der Waals surface area contributed by atoms with Crippen molar-refractivity contribution in [1.29, 1.82) is 0 Å². The van der Waals surface area contributed by atoms with Crippen LogP contribution in [0.25, 0.3) is 0 Å². The molecular weight excluding hydrogens is 228 g/mol. The lowest BCUT2D eigenvalue weighted by Gasteiger charge is -2.10. The maximum atomic E-state index is 10.8. The normalized spacial score (nSPS) is 12.5. The first kappa shape index (κ1) is 10.4. The summed E-state index contributed by atoms with van der Waals surface area (Å²) in [6.45, 7) is 0. The van der Waals surface area contributed by atoms with Crippen LogP contribution in [0.2, 0.25) is 0 Å². The van der Waals surface area contributed by atoms with E-state index in [9.17, 15) is 4.79 Å². The van der Waals surface area contributed by atoms with Crippen molar-refractivity contribution in [1.82, 2.24) is 0 Å². The lowest BCUT2D eigenvalue weighted by molar-refractivity contribution is -0.137. The second kappa shape index (κ2) is 4.59. The summed E-state index contributed by atoms with van der Waals surface area (Å²) < 4.78 is 0. The first-order valence-corrected chi connectivity index (χ1v) is 6.37. The van der Waals surface area contributed by atoms with E-state index in [0.29, 0.717) is 0 Å². The van der Waals surface area contributed by atoms with E-state index >= 15 is 0 Å². The zero-order valence-corrected chi connectivity index (χ0v) is 9.55. The van der Waals surface area contributed by atoms with Gasteiger partial charge in [0.05, 0.1) is 6.42 Å². The molecule has 0 aromatic carbocycles. The average Bonchev–Trinajstić information content (AvgIpc) is 2.87. The molecule has 2 rings (SSSR count). The minimum Gasteiger partial charge on any atom is -0.481 e. The second-order valence-electron chi connectivity index (χ2n) is 3.22. The van der Waals surface area contributed by atoms with Crippen molar-refractivity contribution in [3.8, 4) is 0 Å². The average molecular weight is 238 g/mol. The molecular formula is C11H10O2S2. The Morgan fingerprint density at radius 1 is 1.40 bits per heavy atom. The zero-order chi connectivity index (χ0) is 10.7. The van der Waals surface area contributed by atoms with Crippen molar-refractivity contribution in [2.75, 3.05) is 0 Å². The molecule has 0 bridgehead atoms. The summed E-state index contributed by atoms with van der Waals surface area (Å²) in [6, 6.07) is 5.95. The van der Waals surface area contributed by atoms with Crippen molar-refractivity contribution in [3.63, 3.8) is 0 Å². The summed E-state index contributed by atoms with van der Waals surface area (Å²) in [5.41, 5.74) is 1.10. The number of hydrogen-bond acceptors (Lipinski definition) is 3. The van der Waals surface area contributed by atoms with Gasteiger partial charge in [-0.2, -0.15) is 11.3 Å². The maximum absolute atomic E-state index is 10.8. The molecule has 1 N–H and O–H groups in total. The fourth-order valence-corrected chi connectivity index (χ4v) is 3.09. The van der Waals surface area contributed by atoms with Gasteiger partial charge >= 0.3 is 5.97 Å². The molecule has 0 aliphatic rings. The first-order chi connectivity index (χ1) is 7.27. The Kier molecular flexibility index (Phi) is 3.18. The highest BCUT2D eigenvalue weighted by Gasteiger charge is 2.18. The van der Waals surface area contributed by atoms with Gasteiger partial charge in [-0.3, -0.25) is 4.79 Å². The fraction of sp³-hybridized carbons (Fsp3) is 0.182. The summed E-state index contributed by atoms with van der Waals surface area (Å²) in [5.74, 6) is -0.742. The lowest BCUT2D eigenvalue weighted by Crippen LogP contribution is -2.05. The molecule has 15 heavy (non-hydrogen) atoms. The van der Waals surface area contributed by atoms with Crippen LogP contribution >= 0.6 is 22.7 Å². The van der Waals surface area contributed by atoms with Gasteiger partial charge in [0.2, 0.25) is 0 Å². The van der Waals surface area contributed by atoms with Crippen LogP contribution in [0.15, 0.2) is 34.3 Å². The monoisotopic (exact) mass is 238 g/mol. The van der Waals surface area contributed by atoms with E-state index in [1.165, 1.54) is 0 Å². The fourth-order valence-electron chi connectivity index (χ4n) is 1.52. The molecule has 2 aromatic rings. The van der Waals surface area contributed by atoms with Crippen molar-refractivity contribution in [3.05, 3.63) is 44.8 Å². The molecule has 2 nitrogen and oxygen atoms in total. The number of rotatable bonds is 4. The van der Waals surface area contributed by atoms with Gasteiger partial charge in [0.25, 0.3) is 0 Å². The van der Waals surface area contributed by atoms with Gasteiger partial charge in [0.15, 0.2) is 0 Å². The number of aliphatic carboxylic acids is 1. The van der Waals surface area contributed by atoms with Crippen LogP contribution in [-0.2, 0) is 4.79 Å². The Balaban J connectivity index is 2.29. The number of carboxylic acids is 1. The molecule has 0 saturated heterocycles. The van der Waals surface area contributed by atoms with Gasteiger partial charge in [0, 0.05) is 10.8 Å².